The SMILES string of the molecule is CNC(=O)c1ncnc(C(=O)NCc2ccc(F)c(Cl)c2)c1F. The Morgan fingerprint density at radius 1 is 1.17 bits per heavy atom. The molecule has 2 amide bonds. The van der Waals surface area contributed by atoms with Gasteiger partial charge in [-0.15, -0.1) is 0 Å². The summed E-state index contributed by atoms with van der Waals surface area (Å²) in [6, 6.07) is 3.91. The first kappa shape index (κ1) is 16.8. The number of amides is 2. The molecule has 2 aromatic rings. The van der Waals surface area contributed by atoms with Gasteiger partial charge in [-0.1, -0.05) is 17.7 Å². The summed E-state index contributed by atoms with van der Waals surface area (Å²) in [5, 5.41) is 4.52. The molecule has 1 heterocycles. The Morgan fingerprint density at radius 2 is 1.83 bits per heavy atom. The Hall–Kier alpha value is -2.61. The fourth-order valence-corrected chi connectivity index (χ4v) is 1.92. The highest BCUT2D eigenvalue weighted by Crippen LogP contribution is 2.16. The van der Waals surface area contributed by atoms with Crippen LogP contribution in [0.4, 0.5) is 8.78 Å². The molecule has 0 radical (unpaired) electrons. The van der Waals surface area contributed by atoms with E-state index >= 15 is 0 Å². The van der Waals surface area contributed by atoms with Crippen LogP contribution in [0.25, 0.3) is 0 Å². The predicted octanol–water partition coefficient (Wildman–Crippen LogP) is 1.70. The van der Waals surface area contributed by atoms with Crippen LogP contribution in [0.15, 0.2) is 24.5 Å². The van der Waals surface area contributed by atoms with E-state index in [1.54, 1.807) is 0 Å². The van der Waals surface area contributed by atoms with E-state index in [0.717, 1.165) is 12.4 Å². The molecule has 23 heavy (non-hydrogen) atoms. The number of hydrogen-bond donors (Lipinski definition) is 2. The van der Waals surface area contributed by atoms with Gasteiger partial charge in [0.05, 0.1) is 5.02 Å². The molecule has 0 aliphatic carbocycles. The van der Waals surface area contributed by atoms with Crippen molar-refractivity contribution in [2.24, 2.45) is 0 Å². The lowest BCUT2D eigenvalue weighted by atomic mass is 10.2. The van der Waals surface area contributed by atoms with Crippen molar-refractivity contribution in [2.45, 2.75) is 6.54 Å². The monoisotopic (exact) mass is 340 g/mol. The minimum Gasteiger partial charge on any atom is -0.354 e. The maximum absolute atomic E-state index is 14.1. The molecule has 1 aromatic carbocycles. The van der Waals surface area contributed by atoms with Crippen LogP contribution in [-0.2, 0) is 6.54 Å². The Balaban J connectivity index is 2.15. The van der Waals surface area contributed by atoms with Crippen molar-refractivity contribution in [2.75, 3.05) is 7.05 Å². The van der Waals surface area contributed by atoms with Crippen LogP contribution in [0.5, 0.6) is 0 Å². The summed E-state index contributed by atoms with van der Waals surface area (Å²) in [5.41, 5.74) is -0.574. The van der Waals surface area contributed by atoms with Crippen LogP contribution in [-0.4, -0.2) is 28.8 Å². The first-order valence-electron chi connectivity index (χ1n) is 6.38. The second-order valence-electron chi connectivity index (χ2n) is 4.40. The standard InChI is InChI=1S/C14H11ClF2N4O2/c1-18-13(22)11-10(17)12(21-6-20-11)14(23)19-5-7-2-3-9(16)8(15)4-7/h2-4,6H,5H2,1H3,(H,18,22)(H,19,23). The van der Waals surface area contributed by atoms with Crippen LogP contribution in [0, 0.1) is 11.6 Å². The number of hydrogen-bond acceptors (Lipinski definition) is 4. The fourth-order valence-electron chi connectivity index (χ4n) is 1.72. The van der Waals surface area contributed by atoms with Gasteiger partial charge in [0, 0.05) is 13.6 Å². The van der Waals surface area contributed by atoms with Crippen LogP contribution in [0.1, 0.15) is 26.5 Å². The molecule has 120 valence electrons. The first-order valence-corrected chi connectivity index (χ1v) is 6.76. The summed E-state index contributed by atoms with van der Waals surface area (Å²) in [5.74, 6) is -3.32. The molecule has 2 N–H and O–H groups in total. The zero-order valence-corrected chi connectivity index (χ0v) is 12.6. The zero-order valence-electron chi connectivity index (χ0n) is 11.9. The number of carbonyl (C=O) groups is 2. The Morgan fingerprint density at radius 3 is 2.43 bits per heavy atom. The van der Waals surface area contributed by atoms with Gasteiger partial charge in [-0.2, -0.15) is 0 Å². The van der Waals surface area contributed by atoms with Gasteiger partial charge in [0.25, 0.3) is 11.8 Å². The largest absolute Gasteiger partial charge is 0.354 e. The number of rotatable bonds is 4. The third-order valence-electron chi connectivity index (χ3n) is 2.88. The van der Waals surface area contributed by atoms with E-state index in [0.29, 0.717) is 5.56 Å². The Bertz CT molecular complexity index is 770. The molecule has 6 nitrogen and oxygen atoms in total. The van der Waals surface area contributed by atoms with Crippen molar-refractivity contribution in [3.8, 4) is 0 Å². The van der Waals surface area contributed by atoms with Crippen LogP contribution in [0.3, 0.4) is 0 Å². The van der Waals surface area contributed by atoms with E-state index in [4.69, 9.17) is 11.6 Å². The topological polar surface area (TPSA) is 84.0 Å². The van der Waals surface area contributed by atoms with Gasteiger partial charge < -0.3 is 10.6 Å². The lowest BCUT2D eigenvalue weighted by Gasteiger charge is -2.07. The van der Waals surface area contributed by atoms with E-state index in [1.807, 2.05) is 0 Å². The highest BCUT2D eigenvalue weighted by atomic mass is 35.5. The van der Waals surface area contributed by atoms with Crippen LogP contribution >= 0.6 is 11.6 Å². The average molecular weight is 341 g/mol. The van der Waals surface area contributed by atoms with E-state index in [2.05, 4.69) is 20.6 Å². The molecule has 0 fully saturated rings. The lowest BCUT2D eigenvalue weighted by Crippen LogP contribution is -2.28. The molecule has 1 aromatic heterocycles. The van der Waals surface area contributed by atoms with Crippen LogP contribution in [0.2, 0.25) is 5.02 Å². The second-order valence-corrected chi connectivity index (χ2v) is 4.80. The van der Waals surface area contributed by atoms with E-state index < -0.39 is 34.8 Å². The van der Waals surface area contributed by atoms with Crippen LogP contribution < -0.4 is 10.6 Å². The summed E-state index contributed by atoms with van der Waals surface area (Å²) in [4.78, 5) is 30.4. The first-order chi connectivity index (χ1) is 10.9. The molecule has 0 saturated heterocycles. The van der Waals surface area contributed by atoms with Crippen molar-refractivity contribution in [3.63, 3.8) is 0 Å². The minimum atomic E-state index is -1.12. The Labute approximate surface area is 134 Å². The molecule has 0 aliphatic heterocycles. The maximum Gasteiger partial charge on any atom is 0.273 e. The van der Waals surface area contributed by atoms with Crippen molar-refractivity contribution < 1.29 is 18.4 Å². The molecule has 0 saturated carbocycles. The van der Waals surface area contributed by atoms with Gasteiger partial charge in [-0.05, 0) is 17.7 Å². The number of carbonyl (C=O) groups excluding carboxylic acids is 2. The van der Waals surface area contributed by atoms with E-state index in [-0.39, 0.29) is 11.6 Å². The van der Waals surface area contributed by atoms with Gasteiger partial charge in [0.2, 0.25) is 0 Å². The summed E-state index contributed by atoms with van der Waals surface area (Å²) >= 11 is 5.63. The van der Waals surface area contributed by atoms with Gasteiger partial charge >= 0.3 is 0 Å². The summed E-state index contributed by atoms with van der Waals surface area (Å²) in [6.45, 7) is -0.0163. The average Bonchev–Trinajstić information content (AvgIpc) is 2.55. The third kappa shape index (κ3) is 3.78. The molecule has 2 rings (SSSR count). The molecule has 0 unspecified atom stereocenters. The Kier molecular flexibility index (Phi) is 5.17. The molecular weight excluding hydrogens is 330 g/mol. The zero-order chi connectivity index (χ0) is 17.0. The van der Waals surface area contributed by atoms with E-state index in [9.17, 15) is 18.4 Å². The predicted molar refractivity (Wildman–Crippen MR) is 78.0 cm³/mol. The van der Waals surface area contributed by atoms with Crippen molar-refractivity contribution in [1.82, 2.24) is 20.6 Å². The fraction of sp³-hybridized carbons (Fsp3) is 0.143. The minimum absolute atomic E-state index is 0.0163. The smallest absolute Gasteiger partial charge is 0.273 e. The number of nitrogens with one attached hydrogen (secondary N) is 2. The molecule has 0 aliphatic rings. The van der Waals surface area contributed by atoms with Crippen molar-refractivity contribution >= 4 is 23.4 Å². The van der Waals surface area contributed by atoms with Gasteiger partial charge in [0.1, 0.15) is 12.1 Å². The molecule has 9 heteroatoms. The molecule has 0 bridgehead atoms. The number of benzene rings is 1. The highest BCUT2D eigenvalue weighted by Gasteiger charge is 2.21. The van der Waals surface area contributed by atoms with Gasteiger partial charge in [-0.3, -0.25) is 9.59 Å². The summed E-state index contributed by atoms with van der Waals surface area (Å²) in [7, 11) is 1.31. The number of aromatic nitrogens is 2. The number of nitrogens with zero attached hydrogens (tertiary/aromatic N) is 2. The molecule has 0 atom stereocenters. The number of halogens is 3. The maximum atomic E-state index is 14.1. The summed E-state index contributed by atoms with van der Waals surface area (Å²) in [6.07, 6.45) is 0.914. The third-order valence-corrected chi connectivity index (χ3v) is 3.17. The van der Waals surface area contributed by atoms with Crippen molar-refractivity contribution in [3.05, 3.63) is 58.1 Å². The second kappa shape index (κ2) is 7.10. The van der Waals surface area contributed by atoms with E-state index in [1.165, 1.54) is 19.2 Å². The van der Waals surface area contributed by atoms with Gasteiger partial charge in [-0.25, -0.2) is 18.7 Å². The highest BCUT2D eigenvalue weighted by molar-refractivity contribution is 6.30. The quantitative estimate of drug-likeness (QED) is 0.887. The molecule has 0 spiro atoms. The molecular formula is C14H11ClF2N4O2. The van der Waals surface area contributed by atoms with Gasteiger partial charge in [0.15, 0.2) is 17.2 Å². The normalized spacial score (nSPS) is 10.3. The lowest BCUT2D eigenvalue weighted by molar-refractivity contribution is 0.0938. The van der Waals surface area contributed by atoms with Crippen molar-refractivity contribution in [1.29, 1.82) is 0 Å². The summed E-state index contributed by atoms with van der Waals surface area (Å²) < 4.78 is 27.1.